The summed E-state index contributed by atoms with van der Waals surface area (Å²) in [6, 6.07) is 5.11. The van der Waals surface area contributed by atoms with Gasteiger partial charge in [-0.25, -0.2) is 0 Å². The molecule has 2 heterocycles. The predicted octanol–water partition coefficient (Wildman–Crippen LogP) is 1.39. The van der Waals surface area contributed by atoms with E-state index >= 15 is 0 Å². The van der Waals surface area contributed by atoms with E-state index in [4.69, 9.17) is 5.73 Å². The van der Waals surface area contributed by atoms with Crippen molar-refractivity contribution in [3.8, 4) is 0 Å². The number of hydrogen-bond acceptors (Lipinski definition) is 4. The van der Waals surface area contributed by atoms with Crippen LogP contribution in [0.4, 0.5) is 5.69 Å². The van der Waals surface area contributed by atoms with Crippen LogP contribution in [-0.4, -0.2) is 42.1 Å². The third-order valence-electron chi connectivity index (χ3n) is 3.98. The molecule has 4 nitrogen and oxygen atoms in total. The molecule has 1 aliphatic heterocycles. The highest BCUT2D eigenvalue weighted by atomic mass is 15.3. The molecule has 0 bridgehead atoms. The van der Waals surface area contributed by atoms with E-state index in [0.29, 0.717) is 0 Å². The van der Waals surface area contributed by atoms with Crippen molar-refractivity contribution in [1.29, 1.82) is 0 Å². The Balaban J connectivity index is 1.61. The third kappa shape index (κ3) is 2.49. The number of pyridine rings is 1. The molecule has 1 saturated carbocycles. The Morgan fingerprint density at radius 3 is 2.44 bits per heavy atom. The summed E-state index contributed by atoms with van der Waals surface area (Å²) >= 11 is 0. The number of nitrogens with zero attached hydrogens (tertiary/aromatic N) is 3. The summed E-state index contributed by atoms with van der Waals surface area (Å²) in [5, 5.41) is 0. The van der Waals surface area contributed by atoms with Gasteiger partial charge in [-0.3, -0.25) is 9.88 Å². The molecule has 0 spiro atoms. The van der Waals surface area contributed by atoms with Crippen LogP contribution in [-0.2, 0) is 0 Å². The molecule has 2 aliphatic rings. The van der Waals surface area contributed by atoms with E-state index in [9.17, 15) is 0 Å². The van der Waals surface area contributed by atoms with Crippen molar-refractivity contribution in [2.45, 2.75) is 31.8 Å². The monoisotopic (exact) mass is 246 g/mol. The molecule has 3 rings (SSSR count). The lowest BCUT2D eigenvalue weighted by molar-refractivity contribution is 0.248. The maximum Gasteiger partial charge on any atom is 0.0569 e. The van der Waals surface area contributed by atoms with Gasteiger partial charge in [-0.15, -0.1) is 0 Å². The lowest BCUT2D eigenvalue weighted by atomic mass is 10.2. The fourth-order valence-corrected chi connectivity index (χ4v) is 2.64. The quantitative estimate of drug-likeness (QED) is 0.875. The molecule has 1 aliphatic carbocycles. The lowest BCUT2D eigenvalue weighted by Gasteiger charge is -2.36. The second kappa shape index (κ2) is 4.86. The summed E-state index contributed by atoms with van der Waals surface area (Å²) in [5.74, 6) is 0. The average molecular weight is 246 g/mol. The molecule has 0 aromatic carbocycles. The second-order valence-corrected chi connectivity index (χ2v) is 5.48. The van der Waals surface area contributed by atoms with Crippen LogP contribution in [0.3, 0.4) is 0 Å². The lowest BCUT2D eigenvalue weighted by Crippen LogP contribution is -2.47. The Hall–Kier alpha value is -1.13. The van der Waals surface area contributed by atoms with Crippen LogP contribution in [0.2, 0.25) is 0 Å². The molecule has 4 heteroatoms. The SMILES string of the molecule is C[C@H](N)c1ccc(N2CCN(C3CC3)CC2)cn1. The van der Waals surface area contributed by atoms with Gasteiger partial charge >= 0.3 is 0 Å². The predicted molar refractivity (Wildman–Crippen MR) is 73.6 cm³/mol. The minimum Gasteiger partial charge on any atom is -0.368 e. The molecule has 0 amide bonds. The Bertz CT molecular complexity index is 389. The van der Waals surface area contributed by atoms with Crippen molar-refractivity contribution in [2.75, 3.05) is 31.1 Å². The van der Waals surface area contributed by atoms with E-state index < -0.39 is 0 Å². The second-order valence-electron chi connectivity index (χ2n) is 5.48. The number of rotatable bonds is 3. The molecule has 18 heavy (non-hydrogen) atoms. The standard InChI is InChI=1S/C14H22N4/c1-11(15)14-5-4-13(10-16-14)18-8-6-17(7-9-18)12-2-3-12/h4-5,10-12H,2-3,6-9,15H2,1H3/t11-/m0/s1. The highest BCUT2D eigenvalue weighted by molar-refractivity contribution is 5.45. The largest absolute Gasteiger partial charge is 0.368 e. The fourth-order valence-electron chi connectivity index (χ4n) is 2.64. The van der Waals surface area contributed by atoms with Gasteiger partial charge in [0.05, 0.1) is 17.6 Å². The number of piperazine rings is 1. The first-order valence-electron chi connectivity index (χ1n) is 6.94. The van der Waals surface area contributed by atoms with Gasteiger partial charge in [0, 0.05) is 38.3 Å². The molecule has 0 unspecified atom stereocenters. The Morgan fingerprint density at radius 1 is 1.22 bits per heavy atom. The van der Waals surface area contributed by atoms with E-state index in [1.165, 1.54) is 31.6 Å². The van der Waals surface area contributed by atoms with Crippen LogP contribution in [0.5, 0.6) is 0 Å². The van der Waals surface area contributed by atoms with Crippen molar-refractivity contribution in [3.63, 3.8) is 0 Å². The number of nitrogens with two attached hydrogens (primary N) is 1. The molecule has 2 fully saturated rings. The smallest absolute Gasteiger partial charge is 0.0569 e. The summed E-state index contributed by atoms with van der Waals surface area (Å²) in [5.41, 5.74) is 8.02. The molecule has 2 N–H and O–H groups in total. The van der Waals surface area contributed by atoms with E-state index in [-0.39, 0.29) is 6.04 Å². The summed E-state index contributed by atoms with van der Waals surface area (Å²) in [7, 11) is 0. The molecular formula is C14H22N4. The van der Waals surface area contributed by atoms with Crippen molar-refractivity contribution < 1.29 is 0 Å². The van der Waals surface area contributed by atoms with Gasteiger partial charge in [0.2, 0.25) is 0 Å². The van der Waals surface area contributed by atoms with Crippen molar-refractivity contribution in [3.05, 3.63) is 24.0 Å². The van der Waals surface area contributed by atoms with Crippen LogP contribution < -0.4 is 10.6 Å². The Morgan fingerprint density at radius 2 is 1.94 bits per heavy atom. The van der Waals surface area contributed by atoms with Crippen LogP contribution in [0, 0.1) is 0 Å². The van der Waals surface area contributed by atoms with Gasteiger partial charge in [-0.2, -0.15) is 0 Å². The van der Waals surface area contributed by atoms with Gasteiger partial charge in [-0.1, -0.05) is 0 Å². The van der Waals surface area contributed by atoms with Crippen LogP contribution in [0.15, 0.2) is 18.3 Å². The highest BCUT2D eigenvalue weighted by Gasteiger charge is 2.31. The van der Waals surface area contributed by atoms with E-state index in [2.05, 4.69) is 20.9 Å². The Labute approximate surface area is 109 Å². The molecule has 1 saturated heterocycles. The highest BCUT2D eigenvalue weighted by Crippen LogP contribution is 2.28. The van der Waals surface area contributed by atoms with Gasteiger partial charge < -0.3 is 10.6 Å². The van der Waals surface area contributed by atoms with E-state index in [0.717, 1.165) is 24.8 Å². The van der Waals surface area contributed by atoms with Crippen molar-refractivity contribution in [2.24, 2.45) is 5.73 Å². The van der Waals surface area contributed by atoms with E-state index in [1.807, 2.05) is 19.2 Å². The zero-order chi connectivity index (χ0) is 12.5. The van der Waals surface area contributed by atoms with Crippen molar-refractivity contribution in [1.82, 2.24) is 9.88 Å². The summed E-state index contributed by atoms with van der Waals surface area (Å²) in [6.45, 7) is 6.60. The number of aromatic nitrogens is 1. The maximum atomic E-state index is 5.82. The zero-order valence-corrected chi connectivity index (χ0v) is 11.0. The van der Waals surface area contributed by atoms with E-state index in [1.54, 1.807) is 0 Å². The average Bonchev–Trinajstić information content (AvgIpc) is 3.23. The number of hydrogen-bond donors (Lipinski definition) is 1. The molecule has 1 aromatic heterocycles. The molecule has 0 radical (unpaired) electrons. The third-order valence-corrected chi connectivity index (χ3v) is 3.98. The first-order valence-corrected chi connectivity index (χ1v) is 6.94. The van der Waals surface area contributed by atoms with Gasteiger partial charge in [-0.05, 0) is 31.9 Å². The minimum absolute atomic E-state index is 0.0192. The Kier molecular flexibility index (Phi) is 3.22. The van der Waals surface area contributed by atoms with Gasteiger partial charge in [0.1, 0.15) is 0 Å². The minimum atomic E-state index is 0.0192. The molecular weight excluding hydrogens is 224 g/mol. The van der Waals surface area contributed by atoms with Crippen LogP contribution >= 0.6 is 0 Å². The van der Waals surface area contributed by atoms with Gasteiger partial charge in [0.25, 0.3) is 0 Å². The first-order chi connectivity index (χ1) is 8.74. The number of anilines is 1. The van der Waals surface area contributed by atoms with Crippen LogP contribution in [0.25, 0.3) is 0 Å². The molecule has 1 atom stereocenters. The molecule has 1 aromatic rings. The first kappa shape index (κ1) is 11.9. The summed E-state index contributed by atoms with van der Waals surface area (Å²) in [4.78, 5) is 9.49. The van der Waals surface area contributed by atoms with Crippen LogP contribution in [0.1, 0.15) is 31.5 Å². The van der Waals surface area contributed by atoms with Crippen molar-refractivity contribution >= 4 is 5.69 Å². The fraction of sp³-hybridized carbons (Fsp3) is 0.643. The molecule has 98 valence electrons. The summed E-state index contributed by atoms with van der Waals surface area (Å²) in [6.07, 6.45) is 4.78. The topological polar surface area (TPSA) is 45.4 Å². The maximum absolute atomic E-state index is 5.82. The van der Waals surface area contributed by atoms with Gasteiger partial charge in [0.15, 0.2) is 0 Å². The zero-order valence-electron chi connectivity index (χ0n) is 11.0. The summed E-state index contributed by atoms with van der Waals surface area (Å²) < 4.78 is 0. The normalized spacial score (nSPS) is 23.1.